The fourth-order valence-electron chi connectivity index (χ4n) is 5.25. The molecule has 0 saturated heterocycles. The molecule has 0 aliphatic carbocycles. The zero-order chi connectivity index (χ0) is 24.8. The van der Waals surface area contributed by atoms with Gasteiger partial charge in [0.25, 0.3) is 10.1 Å². The van der Waals surface area contributed by atoms with Gasteiger partial charge in [0.1, 0.15) is 16.4 Å². The lowest BCUT2D eigenvalue weighted by Crippen LogP contribution is -2.22. The largest absolute Gasteiger partial charge is 0.456 e. The van der Waals surface area contributed by atoms with E-state index in [0.717, 1.165) is 41.5 Å². The van der Waals surface area contributed by atoms with Gasteiger partial charge < -0.3 is 16.2 Å². The molecule has 34 heavy (non-hydrogen) atoms. The van der Waals surface area contributed by atoms with E-state index in [-0.39, 0.29) is 16.3 Å². The lowest BCUT2D eigenvalue weighted by Gasteiger charge is -2.35. The Morgan fingerprint density at radius 1 is 0.882 bits per heavy atom. The number of hydrogen-bond acceptors (Lipinski definition) is 5. The van der Waals surface area contributed by atoms with E-state index >= 15 is 0 Å². The Balaban J connectivity index is 2.24. The summed E-state index contributed by atoms with van der Waals surface area (Å²) in [6.45, 7) is 8.21. The van der Waals surface area contributed by atoms with Crippen molar-refractivity contribution >= 4 is 21.5 Å². The molecule has 179 valence electrons. The number of rotatable bonds is 6. The summed E-state index contributed by atoms with van der Waals surface area (Å²) in [5.41, 5.74) is 18.5. The second-order valence-electron chi connectivity index (χ2n) is 8.52. The summed E-state index contributed by atoms with van der Waals surface area (Å²) in [6.07, 6.45) is 2.86. The van der Waals surface area contributed by atoms with Crippen LogP contribution in [0.15, 0.2) is 35.2 Å². The van der Waals surface area contributed by atoms with Crippen LogP contribution in [0.3, 0.4) is 0 Å². The highest BCUT2D eigenvalue weighted by Crippen LogP contribution is 2.55. The third-order valence-electron chi connectivity index (χ3n) is 6.74. The molecule has 0 fully saturated rings. The van der Waals surface area contributed by atoms with Gasteiger partial charge in [0.2, 0.25) is 0 Å². The van der Waals surface area contributed by atoms with Crippen molar-refractivity contribution in [1.82, 2.24) is 0 Å². The molecule has 3 aromatic carbocycles. The molecule has 7 heteroatoms. The van der Waals surface area contributed by atoms with Crippen LogP contribution in [0.2, 0.25) is 0 Å². The number of benzene rings is 3. The highest BCUT2D eigenvalue weighted by molar-refractivity contribution is 7.86. The summed E-state index contributed by atoms with van der Waals surface area (Å²) >= 11 is 0. The molecule has 1 aliphatic heterocycles. The second kappa shape index (κ2) is 8.96. The monoisotopic (exact) mass is 479 g/mol. The molecule has 0 saturated carbocycles. The highest BCUT2D eigenvalue weighted by Gasteiger charge is 2.40. The maximum Gasteiger partial charge on any atom is 0.297 e. The van der Waals surface area contributed by atoms with Crippen LogP contribution >= 0.6 is 0 Å². The van der Waals surface area contributed by atoms with Crippen molar-refractivity contribution in [3.05, 3.63) is 75.3 Å². The van der Waals surface area contributed by atoms with E-state index in [1.54, 1.807) is 0 Å². The molecule has 0 amide bonds. The van der Waals surface area contributed by atoms with Crippen LogP contribution in [0.25, 0.3) is 0 Å². The SMILES string of the molecule is CCc1[c]c2c(c(CC)c1CC)Oc1c(CC)c(N)c(N)c(S(=O)(=O)O)c1C2c1ccccc1. The van der Waals surface area contributed by atoms with Crippen LogP contribution in [0.5, 0.6) is 11.5 Å². The topological polar surface area (TPSA) is 116 Å². The Kier molecular flexibility index (Phi) is 6.36. The first-order chi connectivity index (χ1) is 16.2. The van der Waals surface area contributed by atoms with E-state index < -0.39 is 16.0 Å². The molecule has 1 unspecified atom stereocenters. The summed E-state index contributed by atoms with van der Waals surface area (Å²) < 4.78 is 42.2. The maximum absolute atomic E-state index is 12.7. The molecular weight excluding hydrogens is 448 g/mol. The Bertz CT molecular complexity index is 1370. The van der Waals surface area contributed by atoms with Gasteiger partial charge in [-0.05, 0) is 54.0 Å². The number of hydrogen-bond donors (Lipinski definition) is 3. The minimum atomic E-state index is -4.71. The lowest BCUT2D eigenvalue weighted by molar-refractivity contribution is 0.433. The summed E-state index contributed by atoms with van der Waals surface area (Å²) in [6, 6.07) is 13.2. The van der Waals surface area contributed by atoms with Crippen molar-refractivity contribution in [3.63, 3.8) is 0 Å². The van der Waals surface area contributed by atoms with E-state index in [4.69, 9.17) is 16.2 Å². The zero-order valence-electron chi connectivity index (χ0n) is 20.0. The molecule has 6 nitrogen and oxygen atoms in total. The minimum Gasteiger partial charge on any atom is -0.456 e. The molecule has 4 rings (SSSR count). The molecule has 5 N–H and O–H groups in total. The number of nitrogen functional groups attached to an aromatic ring is 2. The molecule has 0 spiro atoms. The van der Waals surface area contributed by atoms with E-state index in [9.17, 15) is 13.0 Å². The third kappa shape index (κ3) is 3.63. The predicted molar refractivity (Wildman–Crippen MR) is 135 cm³/mol. The van der Waals surface area contributed by atoms with Crippen LogP contribution in [-0.4, -0.2) is 13.0 Å². The van der Waals surface area contributed by atoms with Crippen LogP contribution in [0.4, 0.5) is 11.4 Å². The number of nitrogens with two attached hydrogens (primary N) is 2. The van der Waals surface area contributed by atoms with Gasteiger partial charge >= 0.3 is 0 Å². The molecule has 0 bridgehead atoms. The Labute approximate surface area is 201 Å². The number of aryl methyl sites for hydroxylation is 1. The lowest BCUT2D eigenvalue weighted by atomic mass is 9.77. The average Bonchev–Trinajstić information content (AvgIpc) is 2.82. The minimum absolute atomic E-state index is 0.118. The normalized spacial score (nSPS) is 14.9. The molecule has 0 aromatic heterocycles. The fraction of sp³-hybridized carbons (Fsp3) is 0.333. The zero-order valence-corrected chi connectivity index (χ0v) is 20.8. The van der Waals surface area contributed by atoms with Crippen molar-refractivity contribution in [1.29, 1.82) is 0 Å². The van der Waals surface area contributed by atoms with Crippen molar-refractivity contribution in [2.45, 2.75) is 64.2 Å². The third-order valence-corrected chi connectivity index (χ3v) is 7.70. The second-order valence-corrected chi connectivity index (χ2v) is 9.87. The number of anilines is 2. The van der Waals surface area contributed by atoms with E-state index in [2.05, 4.69) is 26.8 Å². The van der Waals surface area contributed by atoms with Crippen LogP contribution in [0.1, 0.15) is 72.6 Å². The van der Waals surface area contributed by atoms with Gasteiger partial charge in [0.05, 0.1) is 11.4 Å². The molecule has 3 aromatic rings. The van der Waals surface area contributed by atoms with Crippen molar-refractivity contribution in [2.75, 3.05) is 11.5 Å². The highest BCUT2D eigenvalue weighted by atomic mass is 32.2. The molecule has 1 aliphatic rings. The molecule has 1 radical (unpaired) electrons. The number of fused-ring (bicyclic) bond motifs is 2. The van der Waals surface area contributed by atoms with E-state index in [1.165, 1.54) is 5.56 Å². The maximum atomic E-state index is 12.7. The van der Waals surface area contributed by atoms with Crippen LogP contribution in [0, 0.1) is 6.07 Å². The van der Waals surface area contributed by atoms with Crippen LogP contribution < -0.4 is 16.2 Å². The Hall–Kier alpha value is -3.03. The fourth-order valence-corrected chi connectivity index (χ4v) is 6.13. The van der Waals surface area contributed by atoms with Gasteiger partial charge in [-0.3, -0.25) is 4.55 Å². The summed E-state index contributed by atoms with van der Waals surface area (Å²) in [5, 5.41) is 0. The summed E-state index contributed by atoms with van der Waals surface area (Å²) in [7, 11) is -4.71. The van der Waals surface area contributed by atoms with Gasteiger partial charge in [0.15, 0.2) is 0 Å². The molecule has 1 heterocycles. The summed E-state index contributed by atoms with van der Waals surface area (Å²) in [4.78, 5) is -0.388. The summed E-state index contributed by atoms with van der Waals surface area (Å²) in [5.74, 6) is 0.502. The predicted octanol–water partition coefficient (Wildman–Crippen LogP) is 5.43. The van der Waals surface area contributed by atoms with Gasteiger partial charge in [0, 0.05) is 22.6 Å². The quantitative estimate of drug-likeness (QED) is 0.251. The standard InChI is InChI=1S/C27H31N2O4S/c1-5-15-14-20-21(16-12-10-9-11-13-16)22-26(33-25(20)18(7-3)17(15)6-2)19(8-4)23(28)24(29)27(22)34(30,31)32/h9-13,21H,5-8,28-29H2,1-4H3,(H,30,31,32). The average molecular weight is 480 g/mol. The van der Waals surface area contributed by atoms with E-state index in [1.807, 2.05) is 37.3 Å². The van der Waals surface area contributed by atoms with Crippen molar-refractivity contribution < 1.29 is 17.7 Å². The Morgan fingerprint density at radius 2 is 1.50 bits per heavy atom. The van der Waals surface area contributed by atoms with Crippen molar-refractivity contribution in [2.24, 2.45) is 0 Å². The van der Waals surface area contributed by atoms with E-state index in [0.29, 0.717) is 29.0 Å². The van der Waals surface area contributed by atoms with Crippen LogP contribution in [-0.2, 0) is 35.8 Å². The molecule has 1 atom stereocenters. The van der Waals surface area contributed by atoms with Gasteiger partial charge in [-0.1, -0.05) is 58.0 Å². The van der Waals surface area contributed by atoms with Gasteiger partial charge in [-0.25, -0.2) is 0 Å². The first-order valence-electron chi connectivity index (χ1n) is 11.7. The number of ether oxygens (including phenoxy) is 1. The van der Waals surface area contributed by atoms with Crippen molar-refractivity contribution in [3.8, 4) is 11.5 Å². The Morgan fingerprint density at radius 3 is 2.03 bits per heavy atom. The first-order valence-corrected chi connectivity index (χ1v) is 13.2. The molecular formula is C27H31N2O4S. The first kappa shape index (κ1) is 24.1. The van der Waals surface area contributed by atoms with Gasteiger partial charge in [-0.2, -0.15) is 8.42 Å². The van der Waals surface area contributed by atoms with Gasteiger partial charge in [-0.15, -0.1) is 0 Å². The smallest absolute Gasteiger partial charge is 0.297 e.